The molecule has 7 heteroatoms. The van der Waals surface area contributed by atoms with Crippen LogP contribution in [0.15, 0.2) is 12.1 Å². The number of carbonyl (C=O) groups is 3. The van der Waals surface area contributed by atoms with E-state index in [9.17, 15) is 14.4 Å². The molecule has 26 heavy (non-hydrogen) atoms. The van der Waals surface area contributed by atoms with Gasteiger partial charge in [-0.3, -0.25) is 19.3 Å². The summed E-state index contributed by atoms with van der Waals surface area (Å²) in [6.45, 7) is 3.38. The third-order valence-electron chi connectivity index (χ3n) is 5.05. The first-order valence-corrected chi connectivity index (χ1v) is 9.87. The maximum absolute atomic E-state index is 13.1. The van der Waals surface area contributed by atoms with Crippen molar-refractivity contribution in [2.24, 2.45) is 0 Å². The highest BCUT2D eigenvalue weighted by Crippen LogP contribution is 2.33. The third kappa shape index (κ3) is 3.47. The first-order valence-electron chi connectivity index (χ1n) is 9.11. The van der Waals surface area contributed by atoms with Crippen molar-refractivity contribution < 1.29 is 14.4 Å². The van der Waals surface area contributed by atoms with E-state index in [1.807, 2.05) is 6.92 Å². The Morgan fingerprint density at radius 2 is 1.58 bits per heavy atom. The fourth-order valence-electron chi connectivity index (χ4n) is 3.62. The molecule has 2 heterocycles. The number of hydrogen-bond acceptors (Lipinski definition) is 3. The number of piperidine rings is 1. The molecule has 1 saturated heterocycles. The number of imide groups is 1. The number of benzene rings is 1. The lowest BCUT2D eigenvalue weighted by Crippen LogP contribution is -2.52. The van der Waals surface area contributed by atoms with Gasteiger partial charge in [-0.1, -0.05) is 43.0 Å². The average Bonchev–Trinajstić information content (AvgIpc) is 2.87. The fraction of sp³-hybridized carbons (Fsp3) is 0.526. The zero-order chi connectivity index (χ0) is 18.8. The van der Waals surface area contributed by atoms with Gasteiger partial charge >= 0.3 is 0 Å². The summed E-state index contributed by atoms with van der Waals surface area (Å²) in [5.74, 6) is -1.06. The van der Waals surface area contributed by atoms with E-state index in [1.165, 1.54) is 12.1 Å². The number of amides is 3. The summed E-state index contributed by atoms with van der Waals surface area (Å²) < 4.78 is 0. The van der Waals surface area contributed by atoms with E-state index in [0.717, 1.165) is 37.0 Å². The zero-order valence-electron chi connectivity index (χ0n) is 14.8. The quantitative estimate of drug-likeness (QED) is 0.701. The van der Waals surface area contributed by atoms with Gasteiger partial charge in [0.25, 0.3) is 11.8 Å². The van der Waals surface area contributed by atoms with E-state index in [1.54, 1.807) is 4.90 Å². The van der Waals surface area contributed by atoms with Crippen LogP contribution in [0.1, 0.15) is 66.2 Å². The number of likely N-dealkylation sites (tertiary alicyclic amines) is 1. The summed E-state index contributed by atoms with van der Waals surface area (Å²) >= 11 is 12.0. The lowest BCUT2D eigenvalue weighted by atomic mass is 10.0. The van der Waals surface area contributed by atoms with Gasteiger partial charge in [0, 0.05) is 13.1 Å². The van der Waals surface area contributed by atoms with E-state index < -0.39 is 17.9 Å². The van der Waals surface area contributed by atoms with Gasteiger partial charge in [-0.05, 0) is 37.8 Å². The number of halogens is 2. The van der Waals surface area contributed by atoms with Crippen LogP contribution in [-0.4, -0.2) is 46.7 Å². The number of carbonyl (C=O) groups excluding carboxylic acids is 3. The van der Waals surface area contributed by atoms with Crippen LogP contribution < -0.4 is 0 Å². The Kier molecular flexibility index (Phi) is 5.88. The second kappa shape index (κ2) is 7.97. The molecule has 0 saturated carbocycles. The minimum Gasteiger partial charge on any atom is -0.341 e. The predicted octanol–water partition coefficient (Wildman–Crippen LogP) is 4.16. The number of unbranched alkanes of at least 4 members (excludes halogenated alkanes) is 1. The molecule has 0 N–H and O–H groups in total. The Bertz CT molecular complexity index is 704. The van der Waals surface area contributed by atoms with Crippen molar-refractivity contribution in [1.82, 2.24) is 9.80 Å². The standard InChI is InChI=1S/C19H22Cl2N2O3/c1-2-3-7-16(19(26)22-8-5-4-6-9-22)23-17(24)12-10-14(20)15(21)11-13(12)18(23)25/h10-11,16H,2-9H2,1H3/t16-/m0/s1. The molecule has 5 nitrogen and oxygen atoms in total. The maximum atomic E-state index is 13.1. The van der Waals surface area contributed by atoms with Crippen molar-refractivity contribution in [3.8, 4) is 0 Å². The Balaban J connectivity index is 1.92. The molecule has 0 aliphatic carbocycles. The van der Waals surface area contributed by atoms with Gasteiger partial charge < -0.3 is 4.90 Å². The molecule has 0 aromatic heterocycles. The van der Waals surface area contributed by atoms with Crippen LogP contribution in [-0.2, 0) is 4.79 Å². The number of rotatable bonds is 5. The maximum Gasteiger partial charge on any atom is 0.262 e. The van der Waals surface area contributed by atoms with Crippen LogP contribution in [0, 0.1) is 0 Å². The predicted molar refractivity (Wildman–Crippen MR) is 101 cm³/mol. The third-order valence-corrected chi connectivity index (χ3v) is 5.78. The van der Waals surface area contributed by atoms with Crippen molar-refractivity contribution in [1.29, 1.82) is 0 Å². The summed E-state index contributed by atoms with van der Waals surface area (Å²) in [6, 6.07) is 2.07. The molecular formula is C19H22Cl2N2O3. The van der Waals surface area contributed by atoms with Crippen LogP contribution >= 0.6 is 23.2 Å². The Hall–Kier alpha value is -1.59. The molecule has 2 aliphatic rings. The molecule has 0 radical (unpaired) electrons. The van der Waals surface area contributed by atoms with E-state index in [-0.39, 0.29) is 27.1 Å². The highest BCUT2D eigenvalue weighted by atomic mass is 35.5. The number of fused-ring (bicyclic) bond motifs is 1. The first-order chi connectivity index (χ1) is 12.5. The highest BCUT2D eigenvalue weighted by molar-refractivity contribution is 6.43. The van der Waals surface area contributed by atoms with Crippen LogP contribution in [0.25, 0.3) is 0 Å². The minimum atomic E-state index is -0.766. The molecule has 3 amide bonds. The van der Waals surface area contributed by atoms with Crippen LogP contribution in [0.2, 0.25) is 10.0 Å². The molecule has 1 fully saturated rings. The van der Waals surface area contributed by atoms with Crippen molar-refractivity contribution in [2.75, 3.05) is 13.1 Å². The summed E-state index contributed by atoms with van der Waals surface area (Å²) in [5, 5.41) is 0.446. The molecule has 0 unspecified atom stereocenters. The van der Waals surface area contributed by atoms with Gasteiger partial charge in [-0.2, -0.15) is 0 Å². The fourth-order valence-corrected chi connectivity index (χ4v) is 3.95. The van der Waals surface area contributed by atoms with Crippen molar-refractivity contribution in [3.63, 3.8) is 0 Å². The molecule has 1 atom stereocenters. The normalized spacial score (nSPS) is 18.3. The number of nitrogens with zero attached hydrogens (tertiary/aromatic N) is 2. The molecule has 1 aromatic rings. The SMILES string of the molecule is CCCC[C@@H](C(=O)N1CCCCC1)N1C(=O)c2cc(Cl)c(Cl)cc2C1=O. The lowest BCUT2D eigenvalue weighted by Gasteiger charge is -2.33. The lowest BCUT2D eigenvalue weighted by molar-refractivity contribution is -0.136. The van der Waals surface area contributed by atoms with Crippen molar-refractivity contribution >= 4 is 40.9 Å². The summed E-state index contributed by atoms with van der Waals surface area (Å²) in [4.78, 5) is 41.8. The monoisotopic (exact) mass is 396 g/mol. The van der Waals surface area contributed by atoms with Gasteiger partial charge in [-0.15, -0.1) is 0 Å². The highest BCUT2D eigenvalue weighted by Gasteiger charge is 2.44. The largest absolute Gasteiger partial charge is 0.341 e. The van der Waals surface area contributed by atoms with Crippen molar-refractivity contribution in [2.45, 2.75) is 51.5 Å². The van der Waals surface area contributed by atoms with Gasteiger partial charge in [-0.25, -0.2) is 0 Å². The molecule has 140 valence electrons. The van der Waals surface area contributed by atoms with Gasteiger partial charge in [0.1, 0.15) is 6.04 Å². The first kappa shape index (κ1) is 19.2. The van der Waals surface area contributed by atoms with E-state index in [2.05, 4.69) is 0 Å². The smallest absolute Gasteiger partial charge is 0.262 e. The van der Waals surface area contributed by atoms with Gasteiger partial charge in [0.05, 0.1) is 21.2 Å². The molecular weight excluding hydrogens is 375 g/mol. The molecule has 0 spiro atoms. The summed E-state index contributed by atoms with van der Waals surface area (Å²) in [7, 11) is 0. The van der Waals surface area contributed by atoms with E-state index in [0.29, 0.717) is 19.5 Å². The van der Waals surface area contributed by atoms with Crippen LogP contribution in [0.4, 0.5) is 0 Å². The Labute approximate surface area is 163 Å². The second-order valence-corrected chi connectivity index (χ2v) is 7.65. The average molecular weight is 397 g/mol. The zero-order valence-corrected chi connectivity index (χ0v) is 16.3. The van der Waals surface area contributed by atoms with Gasteiger partial charge in [0.2, 0.25) is 5.91 Å². The summed E-state index contributed by atoms with van der Waals surface area (Å²) in [6.07, 6.45) is 5.13. The van der Waals surface area contributed by atoms with E-state index >= 15 is 0 Å². The summed E-state index contributed by atoms with van der Waals surface area (Å²) in [5.41, 5.74) is 0.440. The minimum absolute atomic E-state index is 0.134. The molecule has 3 rings (SSSR count). The van der Waals surface area contributed by atoms with Crippen molar-refractivity contribution in [3.05, 3.63) is 33.3 Å². The Morgan fingerprint density at radius 3 is 2.08 bits per heavy atom. The topological polar surface area (TPSA) is 57.7 Å². The van der Waals surface area contributed by atoms with Crippen LogP contribution in [0.5, 0.6) is 0 Å². The van der Waals surface area contributed by atoms with E-state index in [4.69, 9.17) is 23.2 Å². The Morgan fingerprint density at radius 1 is 1.04 bits per heavy atom. The van der Waals surface area contributed by atoms with Crippen LogP contribution in [0.3, 0.4) is 0 Å². The number of hydrogen-bond donors (Lipinski definition) is 0. The molecule has 2 aliphatic heterocycles. The molecule has 1 aromatic carbocycles. The van der Waals surface area contributed by atoms with Gasteiger partial charge in [0.15, 0.2) is 0 Å². The second-order valence-electron chi connectivity index (χ2n) is 6.84. The molecule has 0 bridgehead atoms.